The number of carbonyl (C=O) groups excluding carboxylic acids is 1. The van der Waals surface area contributed by atoms with Crippen LogP contribution >= 0.6 is 0 Å². The van der Waals surface area contributed by atoms with E-state index in [1.54, 1.807) is 4.68 Å². The zero-order chi connectivity index (χ0) is 14.8. The molecular weight excluding hydrogens is 264 g/mol. The lowest BCUT2D eigenvalue weighted by Gasteiger charge is -2.22. The lowest BCUT2D eigenvalue weighted by molar-refractivity contribution is 0.0978. The molecule has 5 heteroatoms. The SMILES string of the molecule is CCc1cc(C(=O)N2CCNCc3ccccc32)n(C)n1. The topological polar surface area (TPSA) is 50.2 Å². The van der Waals surface area contributed by atoms with Gasteiger partial charge in [0.15, 0.2) is 0 Å². The predicted molar refractivity (Wildman–Crippen MR) is 82.4 cm³/mol. The fraction of sp³-hybridized carbons (Fsp3) is 0.375. The van der Waals surface area contributed by atoms with E-state index in [1.807, 2.05) is 43.1 Å². The number of aromatic nitrogens is 2. The Balaban J connectivity index is 1.99. The Kier molecular flexibility index (Phi) is 3.75. The molecule has 0 fully saturated rings. The molecule has 0 bridgehead atoms. The average molecular weight is 284 g/mol. The summed E-state index contributed by atoms with van der Waals surface area (Å²) in [6, 6.07) is 9.95. The number of carbonyl (C=O) groups is 1. The monoisotopic (exact) mass is 284 g/mol. The molecule has 110 valence electrons. The van der Waals surface area contributed by atoms with Crippen LogP contribution in [0.4, 0.5) is 5.69 Å². The van der Waals surface area contributed by atoms with Crippen LogP contribution in [-0.4, -0.2) is 28.8 Å². The number of nitrogens with one attached hydrogen (secondary N) is 1. The largest absolute Gasteiger partial charge is 0.311 e. The standard InChI is InChI=1S/C16H20N4O/c1-3-13-10-15(19(2)18-13)16(21)20-9-8-17-11-12-6-4-5-7-14(12)20/h4-7,10,17H,3,8-9,11H2,1-2H3. The third kappa shape index (κ3) is 2.56. The van der Waals surface area contributed by atoms with Gasteiger partial charge in [0.1, 0.15) is 5.69 Å². The number of rotatable bonds is 2. The van der Waals surface area contributed by atoms with Gasteiger partial charge in [0.2, 0.25) is 0 Å². The van der Waals surface area contributed by atoms with Crippen LogP contribution in [0.2, 0.25) is 0 Å². The van der Waals surface area contributed by atoms with Gasteiger partial charge in [-0.3, -0.25) is 9.48 Å². The Morgan fingerprint density at radius 1 is 1.38 bits per heavy atom. The van der Waals surface area contributed by atoms with Crippen molar-refractivity contribution in [2.24, 2.45) is 7.05 Å². The molecule has 1 aromatic heterocycles. The molecule has 5 nitrogen and oxygen atoms in total. The highest BCUT2D eigenvalue weighted by Crippen LogP contribution is 2.24. The van der Waals surface area contributed by atoms with Gasteiger partial charge in [-0.2, -0.15) is 5.10 Å². The van der Waals surface area contributed by atoms with E-state index in [2.05, 4.69) is 16.5 Å². The van der Waals surface area contributed by atoms with E-state index in [0.29, 0.717) is 12.2 Å². The van der Waals surface area contributed by atoms with E-state index in [0.717, 1.165) is 36.5 Å². The number of amides is 1. The van der Waals surface area contributed by atoms with Gasteiger partial charge in [-0.1, -0.05) is 25.1 Å². The maximum absolute atomic E-state index is 12.9. The number of para-hydroxylation sites is 1. The Labute approximate surface area is 124 Å². The van der Waals surface area contributed by atoms with Crippen LogP contribution in [0.15, 0.2) is 30.3 Å². The zero-order valence-electron chi connectivity index (χ0n) is 12.5. The Morgan fingerprint density at radius 3 is 2.95 bits per heavy atom. The fourth-order valence-electron chi connectivity index (χ4n) is 2.71. The molecule has 0 atom stereocenters. The highest BCUT2D eigenvalue weighted by atomic mass is 16.2. The third-order valence-corrected chi connectivity index (χ3v) is 3.87. The third-order valence-electron chi connectivity index (χ3n) is 3.87. The smallest absolute Gasteiger partial charge is 0.276 e. The summed E-state index contributed by atoms with van der Waals surface area (Å²) in [7, 11) is 1.83. The van der Waals surface area contributed by atoms with Gasteiger partial charge in [-0.05, 0) is 24.1 Å². The van der Waals surface area contributed by atoms with Crippen molar-refractivity contribution in [2.45, 2.75) is 19.9 Å². The second-order valence-electron chi connectivity index (χ2n) is 5.26. The molecule has 1 aliphatic heterocycles. The molecule has 0 saturated carbocycles. The zero-order valence-corrected chi connectivity index (χ0v) is 12.5. The van der Waals surface area contributed by atoms with Crippen LogP contribution in [0.1, 0.15) is 28.7 Å². The van der Waals surface area contributed by atoms with Gasteiger partial charge >= 0.3 is 0 Å². The summed E-state index contributed by atoms with van der Waals surface area (Å²) in [6.07, 6.45) is 0.833. The molecule has 0 aliphatic carbocycles. The number of benzene rings is 1. The number of fused-ring (bicyclic) bond motifs is 1. The number of nitrogens with zero attached hydrogens (tertiary/aromatic N) is 3. The Morgan fingerprint density at radius 2 is 2.19 bits per heavy atom. The molecule has 2 aromatic rings. The molecule has 0 saturated heterocycles. The molecular formula is C16H20N4O. The van der Waals surface area contributed by atoms with Crippen molar-refractivity contribution in [3.05, 3.63) is 47.3 Å². The van der Waals surface area contributed by atoms with Crippen molar-refractivity contribution in [3.63, 3.8) is 0 Å². The molecule has 3 rings (SSSR count). The van der Waals surface area contributed by atoms with E-state index in [1.165, 1.54) is 0 Å². The van der Waals surface area contributed by atoms with Gasteiger partial charge < -0.3 is 10.2 Å². The lowest BCUT2D eigenvalue weighted by atomic mass is 10.1. The first-order valence-corrected chi connectivity index (χ1v) is 7.34. The maximum Gasteiger partial charge on any atom is 0.276 e. The molecule has 0 radical (unpaired) electrons. The van der Waals surface area contributed by atoms with E-state index in [-0.39, 0.29) is 5.91 Å². The average Bonchev–Trinajstić information content (AvgIpc) is 2.75. The first-order chi connectivity index (χ1) is 10.2. The highest BCUT2D eigenvalue weighted by Gasteiger charge is 2.24. The van der Waals surface area contributed by atoms with Gasteiger partial charge in [-0.25, -0.2) is 0 Å². The van der Waals surface area contributed by atoms with Crippen LogP contribution in [-0.2, 0) is 20.0 Å². The Hall–Kier alpha value is -2.14. The van der Waals surface area contributed by atoms with E-state index in [4.69, 9.17) is 0 Å². The minimum atomic E-state index is 0.0147. The first-order valence-electron chi connectivity index (χ1n) is 7.34. The molecule has 2 heterocycles. The summed E-state index contributed by atoms with van der Waals surface area (Å²) in [5.41, 5.74) is 3.73. The molecule has 1 aromatic carbocycles. The highest BCUT2D eigenvalue weighted by molar-refractivity contribution is 6.05. The van der Waals surface area contributed by atoms with Crippen LogP contribution in [0.5, 0.6) is 0 Å². The van der Waals surface area contributed by atoms with Gasteiger partial charge in [0.05, 0.1) is 5.69 Å². The second kappa shape index (κ2) is 5.69. The van der Waals surface area contributed by atoms with Gasteiger partial charge in [-0.15, -0.1) is 0 Å². The normalized spacial score (nSPS) is 14.7. The first kappa shape index (κ1) is 13.8. The number of aryl methyl sites for hydroxylation is 2. The summed E-state index contributed by atoms with van der Waals surface area (Å²) in [5, 5.41) is 7.73. The molecule has 0 unspecified atom stereocenters. The Bertz CT molecular complexity index is 662. The molecule has 1 N–H and O–H groups in total. The van der Waals surface area contributed by atoms with E-state index >= 15 is 0 Å². The second-order valence-corrected chi connectivity index (χ2v) is 5.26. The fourth-order valence-corrected chi connectivity index (χ4v) is 2.71. The van der Waals surface area contributed by atoms with Crippen molar-refractivity contribution in [2.75, 3.05) is 18.0 Å². The summed E-state index contributed by atoms with van der Waals surface area (Å²) < 4.78 is 1.68. The van der Waals surface area contributed by atoms with Crippen molar-refractivity contribution in [1.82, 2.24) is 15.1 Å². The van der Waals surface area contributed by atoms with Crippen LogP contribution in [0, 0.1) is 0 Å². The molecule has 0 spiro atoms. The maximum atomic E-state index is 12.9. The predicted octanol–water partition coefficient (Wildman–Crippen LogP) is 1.73. The number of hydrogen-bond donors (Lipinski definition) is 1. The van der Waals surface area contributed by atoms with Crippen LogP contribution < -0.4 is 10.2 Å². The lowest BCUT2D eigenvalue weighted by Crippen LogP contribution is -2.35. The summed E-state index contributed by atoms with van der Waals surface area (Å²) in [6.45, 7) is 4.30. The molecule has 21 heavy (non-hydrogen) atoms. The summed E-state index contributed by atoms with van der Waals surface area (Å²) in [5.74, 6) is 0.0147. The summed E-state index contributed by atoms with van der Waals surface area (Å²) in [4.78, 5) is 14.8. The minimum Gasteiger partial charge on any atom is -0.311 e. The molecule has 1 amide bonds. The van der Waals surface area contributed by atoms with E-state index < -0.39 is 0 Å². The van der Waals surface area contributed by atoms with Gasteiger partial charge in [0, 0.05) is 32.4 Å². The van der Waals surface area contributed by atoms with Crippen LogP contribution in [0.25, 0.3) is 0 Å². The number of hydrogen-bond acceptors (Lipinski definition) is 3. The quantitative estimate of drug-likeness (QED) is 0.914. The number of anilines is 1. The van der Waals surface area contributed by atoms with Gasteiger partial charge in [0.25, 0.3) is 5.91 Å². The van der Waals surface area contributed by atoms with Crippen molar-refractivity contribution in [3.8, 4) is 0 Å². The van der Waals surface area contributed by atoms with E-state index in [9.17, 15) is 4.79 Å². The minimum absolute atomic E-state index is 0.0147. The van der Waals surface area contributed by atoms with Crippen molar-refractivity contribution >= 4 is 11.6 Å². The molecule has 1 aliphatic rings. The van der Waals surface area contributed by atoms with Crippen molar-refractivity contribution in [1.29, 1.82) is 0 Å². The van der Waals surface area contributed by atoms with Crippen molar-refractivity contribution < 1.29 is 4.79 Å². The van der Waals surface area contributed by atoms with Crippen LogP contribution in [0.3, 0.4) is 0 Å². The summed E-state index contributed by atoms with van der Waals surface area (Å²) >= 11 is 0.